The van der Waals surface area contributed by atoms with Crippen LogP contribution >= 0.6 is 0 Å². The number of nitrogens with one attached hydrogen (secondary N) is 1. The van der Waals surface area contributed by atoms with Crippen LogP contribution in [0.3, 0.4) is 0 Å². The Morgan fingerprint density at radius 2 is 2.24 bits per heavy atom. The van der Waals surface area contributed by atoms with E-state index >= 15 is 0 Å². The number of benzene rings is 1. The van der Waals surface area contributed by atoms with Crippen molar-refractivity contribution in [2.75, 3.05) is 24.8 Å². The van der Waals surface area contributed by atoms with Crippen molar-refractivity contribution in [3.63, 3.8) is 0 Å². The Labute approximate surface area is 123 Å². The average molecular weight is 286 g/mol. The predicted octanol–water partition coefficient (Wildman–Crippen LogP) is 2.14. The Balaban J connectivity index is 1.84. The number of fused-ring (bicyclic) bond motifs is 1. The highest BCUT2D eigenvalue weighted by Gasteiger charge is 2.21. The molecule has 6 nitrogen and oxygen atoms in total. The number of anilines is 2. The maximum atomic E-state index is 5.82. The van der Waals surface area contributed by atoms with Crippen LogP contribution in [0.1, 0.15) is 23.9 Å². The van der Waals surface area contributed by atoms with Gasteiger partial charge in [0.25, 0.3) is 0 Å². The molecule has 0 bridgehead atoms. The third-order valence-electron chi connectivity index (χ3n) is 3.35. The Morgan fingerprint density at radius 3 is 3.10 bits per heavy atom. The quantitative estimate of drug-likeness (QED) is 0.896. The summed E-state index contributed by atoms with van der Waals surface area (Å²) in [6.07, 6.45) is 0.876. The van der Waals surface area contributed by atoms with Crippen molar-refractivity contribution in [3.05, 3.63) is 41.7 Å². The standard InChI is InChI=1S/C15H18N4O2/c1-20-9-15-18-13(16)8-14(19-15)17-11-6-7-21-12-5-3-2-4-10(11)12/h2-5,8,11H,6-7,9H2,1H3,(H3,16,17,18,19). The van der Waals surface area contributed by atoms with Crippen LogP contribution in [0.5, 0.6) is 5.75 Å². The van der Waals surface area contributed by atoms with Gasteiger partial charge in [0.15, 0.2) is 5.82 Å². The largest absolute Gasteiger partial charge is 0.493 e. The predicted molar refractivity (Wildman–Crippen MR) is 80.1 cm³/mol. The van der Waals surface area contributed by atoms with Crippen LogP contribution in [-0.2, 0) is 11.3 Å². The van der Waals surface area contributed by atoms with Crippen molar-refractivity contribution < 1.29 is 9.47 Å². The second-order valence-corrected chi connectivity index (χ2v) is 4.90. The Bertz CT molecular complexity index is 633. The van der Waals surface area contributed by atoms with Crippen molar-refractivity contribution in [2.45, 2.75) is 19.1 Å². The van der Waals surface area contributed by atoms with Gasteiger partial charge in [-0.1, -0.05) is 18.2 Å². The van der Waals surface area contributed by atoms with Crippen LogP contribution < -0.4 is 15.8 Å². The molecule has 1 aliphatic heterocycles. The minimum absolute atomic E-state index is 0.152. The van der Waals surface area contributed by atoms with Gasteiger partial charge in [-0.2, -0.15) is 0 Å². The molecule has 1 aromatic carbocycles. The minimum atomic E-state index is 0.152. The Hall–Kier alpha value is -2.34. The van der Waals surface area contributed by atoms with Gasteiger partial charge in [0, 0.05) is 25.2 Å². The molecule has 1 aromatic heterocycles. The lowest BCUT2D eigenvalue weighted by Gasteiger charge is -2.27. The number of nitrogens with zero attached hydrogens (tertiary/aromatic N) is 2. The normalized spacial score (nSPS) is 16.9. The number of rotatable bonds is 4. The van der Waals surface area contributed by atoms with Gasteiger partial charge in [-0.05, 0) is 6.07 Å². The van der Waals surface area contributed by atoms with E-state index in [0.717, 1.165) is 17.7 Å². The van der Waals surface area contributed by atoms with Gasteiger partial charge >= 0.3 is 0 Å². The summed E-state index contributed by atoms with van der Waals surface area (Å²) in [6.45, 7) is 1.02. The molecule has 0 radical (unpaired) electrons. The first-order valence-electron chi connectivity index (χ1n) is 6.87. The van der Waals surface area contributed by atoms with E-state index in [9.17, 15) is 0 Å². The zero-order chi connectivity index (χ0) is 14.7. The van der Waals surface area contributed by atoms with Crippen LogP contribution in [0.4, 0.5) is 11.6 Å². The molecular formula is C15H18N4O2. The molecule has 110 valence electrons. The summed E-state index contributed by atoms with van der Waals surface area (Å²) in [6, 6.07) is 9.91. The van der Waals surface area contributed by atoms with Gasteiger partial charge in [0.2, 0.25) is 0 Å². The molecule has 0 saturated carbocycles. The molecule has 2 heterocycles. The molecule has 0 fully saturated rings. The van der Waals surface area contributed by atoms with Crippen LogP contribution in [-0.4, -0.2) is 23.7 Å². The molecule has 0 aliphatic carbocycles. The van der Waals surface area contributed by atoms with E-state index in [-0.39, 0.29) is 6.04 Å². The first-order valence-corrected chi connectivity index (χ1v) is 6.87. The fourth-order valence-corrected chi connectivity index (χ4v) is 2.46. The highest BCUT2D eigenvalue weighted by molar-refractivity contribution is 5.48. The van der Waals surface area contributed by atoms with Crippen molar-refractivity contribution in [2.24, 2.45) is 0 Å². The molecule has 0 saturated heterocycles. The van der Waals surface area contributed by atoms with Crippen molar-refractivity contribution in [1.29, 1.82) is 0 Å². The summed E-state index contributed by atoms with van der Waals surface area (Å²) in [5, 5.41) is 3.41. The summed E-state index contributed by atoms with van der Waals surface area (Å²) in [7, 11) is 1.61. The molecule has 3 rings (SSSR count). The Morgan fingerprint density at radius 1 is 1.38 bits per heavy atom. The molecule has 1 atom stereocenters. The number of aromatic nitrogens is 2. The maximum absolute atomic E-state index is 5.82. The lowest BCUT2D eigenvalue weighted by Crippen LogP contribution is -2.21. The number of hydrogen-bond donors (Lipinski definition) is 2. The SMILES string of the molecule is COCc1nc(N)cc(NC2CCOc3ccccc32)n1. The van der Waals surface area contributed by atoms with E-state index in [1.165, 1.54) is 0 Å². The third kappa shape index (κ3) is 3.05. The van der Waals surface area contributed by atoms with E-state index in [1.807, 2.05) is 18.2 Å². The lowest BCUT2D eigenvalue weighted by atomic mass is 10.0. The topological polar surface area (TPSA) is 82.3 Å². The van der Waals surface area contributed by atoms with E-state index in [4.69, 9.17) is 15.2 Å². The van der Waals surface area contributed by atoms with E-state index in [1.54, 1.807) is 13.2 Å². The summed E-state index contributed by atoms with van der Waals surface area (Å²) in [4.78, 5) is 8.56. The van der Waals surface area contributed by atoms with E-state index in [0.29, 0.717) is 30.7 Å². The number of ether oxygens (including phenoxy) is 2. The molecule has 21 heavy (non-hydrogen) atoms. The molecule has 2 aromatic rings. The van der Waals surface area contributed by atoms with Crippen LogP contribution in [0.25, 0.3) is 0 Å². The van der Waals surface area contributed by atoms with E-state index < -0.39 is 0 Å². The maximum Gasteiger partial charge on any atom is 0.158 e. The van der Waals surface area contributed by atoms with Gasteiger partial charge < -0.3 is 20.5 Å². The minimum Gasteiger partial charge on any atom is -0.493 e. The van der Waals surface area contributed by atoms with Crippen molar-refractivity contribution in [1.82, 2.24) is 9.97 Å². The van der Waals surface area contributed by atoms with Gasteiger partial charge in [-0.15, -0.1) is 0 Å². The molecule has 0 amide bonds. The summed E-state index contributed by atoms with van der Waals surface area (Å²) in [5.74, 6) is 2.62. The number of para-hydroxylation sites is 1. The summed E-state index contributed by atoms with van der Waals surface area (Å²) in [5.41, 5.74) is 6.95. The molecule has 6 heteroatoms. The smallest absolute Gasteiger partial charge is 0.158 e. The van der Waals surface area contributed by atoms with Crippen molar-refractivity contribution in [3.8, 4) is 5.75 Å². The second kappa shape index (κ2) is 5.97. The summed E-state index contributed by atoms with van der Waals surface area (Å²) >= 11 is 0. The number of methoxy groups -OCH3 is 1. The lowest BCUT2D eigenvalue weighted by molar-refractivity contribution is 0.178. The molecular weight excluding hydrogens is 268 g/mol. The first-order chi connectivity index (χ1) is 10.3. The number of nitrogens with two attached hydrogens (primary N) is 1. The van der Waals surface area contributed by atoms with Gasteiger partial charge in [-0.25, -0.2) is 9.97 Å². The fourth-order valence-electron chi connectivity index (χ4n) is 2.46. The zero-order valence-electron chi connectivity index (χ0n) is 11.9. The highest BCUT2D eigenvalue weighted by atomic mass is 16.5. The second-order valence-electron chi connectivity index (χ2n) is 4.90. The van der Waals surface area contributed by atoms with Gasteiger partial charge in [0.1, 0.15) is 24.0 Å². The van der Waals surface area contributed by atoms with Crippen LogP contribution in [0, 0.1) is 0 Å². The van der Waals surface area contributed by atoms with Crippen molar-refractivity contribution >= 4 is 11.6 Å². The number of hydrogen-bond acceptors (Lipinski definition) is 6. The van der Waals surface area contributed by atoms with Crippen LogP contribution in [0.2, 0.25) is 0 Å². The monoisotopic (exact) mass is 286 g/mol. The molecule has 0 spiro atoms. The molecule has 1 aliphatic rings. The molecule has 1 unspecified atom stereocenters. The van der Waals surface area contributed by atoms with Gasteiger partial charge in [-0.3, -0.25) is 0 Å². The number of nitrogen functional groups attached to an aromatic ring is 1. The average Bonchev–Trinajstić information content (AvgIpc) is 2.47. The third-order valence-corrected chi connectivity index (χ3v) is 3.35. The fraction of sp³-hybridized carbons (Fsp3) is 0.333. The highest BCUT2D eigenvalue weighted by Crippen LogP contribution is 2.33. The summed E-state index contributed by atoms with van der Waals surface area (Å²) < 4.78 is 10.7. The Kier molecular flexibility index (Phi) is 3.87. The van der Waals surface area contributed by atoms with E-state index in [2.05, 4.69) is 21.4 Å². The zero-order valence-corrected chi connectivity index (χ0v) is 11.9. The van der Waals surface area contributed by atoms with Gasteiger partial charge in [0.05, 0.1) is 12.6 Å². The first kappa shape index (κ1) is 13.6. The van der Waals surface area contributed by atoms with Crippen LogP contribution in [0.15, 0.2) is 30.3 Å². The molecule has 3 N–H and O–H groups in total.